The Labute approximate surface area is 174 Å². The molecule has 0 spiro atoms. The molecule has 0 radical (unpaired) electrons. The van der Waals surface area contributed by atoms with E-state index in [0.29, 0.717) is 34.7 Å². The number of rotatable bonds is 4. The van der Waals surface area contributed by atoms with E-state index in [9.17, 15) is 4.79 Å². The Morgan fingerprint density at radius 3 is 2.22 bits per heavy atom. The van der Waals surface area contributed by atoms with E-state index in [4.69, 9.17) is 34.8 Å². The molecule has 0 N–H and O–H groups in total. The third kappa shape index (κ3) is 4.27. The van der Waals surface area contributed by atoms with E-state index in [2.05, 4.69) is 10.00 Å². The molecule has 1 fully saturated rings. The molecule has 5 nitrogen and oxygen atoms in total. The van der Waals surface area contributed by atoms with E-state index < -0.39 is 0 Å². The molecule has 0 bridgehead atoms. The Kier molecular flexibility index (Phi) is 6.36. The molecule has 1 unspecified atom stereocenters. The van der Waals surface area contributed by atoms with E-state index in [1.165, 1.54) is 0 Å². The largest absolute Gasteiger partial charge is 0.338 e. The normalized spacial score (nSPS) is 16.6. The van der Waals surface area contributed by atoms with E-state index in [1.54, 1.807) is 4.68 Å². The van der Waals surface area contributed by atoms with Crippen LogP contribution in [0.25, 0.3) is 0 Å². The lowest BCUT2D eigenvalue weighted by Gasteiger charge is -2.36. The number of aryl methyl sites for hydroxylation is 1. The van der Waals surface area contributed by atoms with Crippen molar-refractivity contribution in [2.75, 3.05) is 26.2 Å². The summed E-state index contributed by atoms with van der Waals surface area (Å²) in [6.07, 6.45) is 0. The lowest BCUT2D eigenvalue weighted by molar-refractivity contribution is -0.136. The van der Waals surface area contributed by atoms with Crippen LogP contribution in [-0.2, 0) is 11.3 Å². The summed E-state index contributed by atoms with van der Waals surface area (Å²) < 4.78 is 1.72. The summed E-state index contributed by atoms with van der Waals surface area (Å²) in [5.41, 5.74) is 2.50. The lowest BCUT2D eigenvalue weighted by atomic mass is 10.2. The molecule has 0 aliphatic carbocycles. The van der Waals surface area contributed by atoms with Crippen molar-refractivity contribution in [3.05, 3.63) is 50.2 Å². The fraction of sp³-hybridized carbons (Fsp3) is 0.474. The molecule has 146 valence electrons. The zero-order valence-electron chi connectivity index (χ0n) is 15.7. The van der Waals surface area contributed by atoms with Gasteiger partial charge < -0.3 is 4.90 Å². The van der Waals surface area contributed by atoms with Crippen LogP contribution in [0.2, 0.25) is 15.1 Å². The number of halogens is 3. The van der Waals surface area contributed by atoms with Crippen molar-refractivity contribution in [1.29, 1.82) is 0 Å². The maximum Gasteiger partial charge on any atom is 0.247 e. The van der Waals surface area contributed by atoms with Crippen LogP contribution >= 0.6 is 34.8 Å². The van der Waals surface area contributed by atoms with Crippen molar-refractivity contribution in [2.24, 2.45) is 0 Å². The molecule has 1 saturated heterocycles. The van der Waals surface area contributed by atoms with Crippen LogP contribution in [0.3, 0.4) is 0 Å². The highest BCUT2D eigenvalue weighted by Gasteiger charge is 2.28. The minimum absolute atomic E-state index is 0.0627. The number of piperazine rings is 1. The second kappa shape index (κ2) is 8.39. The molecule has 27 heavy (non-hydrogen) atoms. The van der Waals surface area contributed by atoms with Gasteiger partial charge in [0.05, 0.1) is 16.4 Å². The standard InChI is InChI=1S/C19H23Cl3N4O/c1-12-18(22)13(2)26(23-12)14(3)19(27)25-9-7-24(8-10-25)11-15-16(20)5-4-6-17(15)21/h4-6,14H,7-11H2,1-3H3. The van der Waals surface area contributed by atoms with Crippen LogP contribution in [0.15, 0.2) is 18.2 Å². The second-order valence-corrected chi connectivity index (χ2v) is 8.10. The van der Waals surface area contributed by atoms with E-state index >= 15 is 0 Å². The minimum Gasteiger partial charge on any atom is -0.338 e. The average molecular weight is 430 g/mol. The summed E-state index contributed by atoms with van der Waals surface area (Å²) in [4.78, 5) is 17.1. The Balaban J connectivity index is 1.61. The highest BCUT2D eigenvalue weighted by atomic mass is 35.5. The molecular formula is C19H23Cl3N4O. The Hall–Kier alpha value is -1.27. The highest BCUT2D eigenvalue weighted by Crippen LogP contribution is 2.27. The number of hydrogen-bond acceptors (Lipinski definition) is 3. The van der Waals surface area contributed by atoms with Gasteiger partial charge in [0.25, 0.3) is 0 Å². The van der Waals surface area contributed by atoms with Crippen molar-refractivity contribution >= 4 is 40.7 Å². The van der Waals surface area contributed by atoms with E-state index in [0.717, 1.165) is 30.0 Å². The smallest absolute Gasteiger partial charge is 0.247 e. The molecule has 2 aromatic rings. The Bertz CT molecular complexity index is 823. The third-order valence-corrected chi connectivity index (χ3v) is 6.34. The van der Waals surface area contributed by atoms with E-state index in [-0.39, 0.29) is 11.9 Å². The monoisotopic (exact) mass is 428 g/mol. The van der Waals surface area contributed by atoms with Gasteiger partial charge in [0, 0.05) is 48.3 Å². The van der Waals surface area contributed by atoms with Gasteiger partial charge >= 0.3 is 0 Å². The maximum absolute atomic E-state index is 12.9. The van der Waals surface area contributed by atoms with Gasteiger partial charge in [-0.3, -0.25) is 14.4 Å². The minimum atomic E-state index is -0.374. The number of aromatic nitrogens is 2. The summed E-state index contributed by atoms with van der Waals surface area (Å²) in [7, 11) is 0. The topological polar surface area (TPSA) is 41.4 Å². The van der Waals surface area contributed by atoms with Gasteiger partial charge in [0.15, 0.2) is 0 Å². The zero-order valence-corrected chi connectivity index (χ0v) is 17.9. The number of carbonyl (C=O) groups excluding carboxylic acids is 1. The quantitative estimate of drug-likeness (QED) is 0.725. The predicted molar refractivity (Wildman–Crippen MR) is 110 cm³/mol. The molecular weight excluding hydrogens is 407 g/mol. The van der Waals surface area contributed by atoms with Gasteiger partial charge in [-0.25, -0.2) is 0 Å². The number of nitrogens with zero attached hydrogens (tertiary/aromatic N) is 4. The van der Waals surface area contributed by atoms with Gasteiger partial charge in [0.2, 0.25) is 5.91 Å². The van der Waals surface area contributed by atoms with Crippen molar-refractivity contribution in [3.8, 4) is 0 Å². The number of benzene rings is 1. The number of amides is 1. The first-order valence-corrected chi connectivity index (χ1v) is 10.1. The molecule has 0 saturated carbocycles. The SMILES string of the molecule is Cc1nn(C(C)C(=O)N2CCN(Cc3c(Cl)cccc3Cl)CC2)c(C)c1Cl. The van der Waals surface area contributed by atoms with Crippen LogP contribution in [0.4, 0.5) is 0 Å². The molecule has 3 rings (SSSR count). The average Bonchev–Trinajstić information content (AvgIpc) is 2.91. The first kappa shape index (κ1) is 20.5. The highest BCUT2D eigenvalue weighted by molar-refractivity contribution is 6.36. The van der Waals surface area contributed by atoms with Crippen molar-refractivity contribution in [1.82, 2.24) is 19.6 Å². The Morgan fingerprint density at radius 2 is 1.70 bits per heavy atom. The molecule has 1 aliphatic rings. The van der Waals surface area contributed by atoms with Crippen LogP contribution in [-0.4, -0.2) is 51.7 Å². The summed E-state index contributed by atoms with van der Waals surface area (Å²) in [6, 6.07) is 5.17. The van der Waals surface area contributed by atoms with Crippen LogP contribution in [0.5, 0.6) is 0 Å². The van der Waals surface area contributed by atoms with Crippen LogP contribution in [0.1, 0.15) is 29.9 Å². The van der Waals surface area contributed by atoms with Gasteiger partial charge in [-0.1, -0.05) is 40.9 Å². The fourth-order valence-corrected chi connectivity index (χ4v) is 4.06. The van der Waals surface area contributed by atoms with Gasteiger partial charge in [-0.2, -0.15) is 5.10 Å². The molecule has 1 atom stereocenters. The fourth-order valence-electron chi connectivity index (χ4n) is 3.42. The molecule has 2 heterocycles. The summed E-state index contributed by atoms with van der Waals surface area (Å²) in [6.45, 7) is 9.17. The molecule has 1 amide bonds. The lowest BCUT2D eigenvalue weighted by Crippen LogP contribution is -2.50. The number of hydrogen-bond donors (Lipinski definition) is 0. The predicted octanol–water partition coefficient (Wildman–Crippen LogP) is 4.37. The Morgan fingerprint density at radius 1 is 1.11 bits per heavy atom. The summed E-state index contributed by atoms with van der Waals surface area (Å²) in [5, 5.41) is 6.39. The molecule has 1 aliphatic heterocycles. The number of carbonyl (C=O) groups is 1. The second-order valence-electron chi connectivity index (χ2n) is 6.91. The van der Waals surface area contributed by atoms with Gasteiger partial charge in [-0.15, -0.1) is 0 Å². The zero-order chi connectivity index (χ0) is 19.7. The first-order chi connectivity index (χ1) is 12.8. The third-order valence-electron chi connectivity index (χ3n) is 5.09. The van der Waals surface area contributed by atoms with Crippen molar-refractivity contribution < 1.29 is 4.79 Å². The van der Waals surface area contributed by atoms with Crippen molar-refractivity contribution in [3.63, 3.8) is 0 Å². The summed E-state index contributed by atoms with van der Waals surface area (Å²) >= 11 is 18.8. The maximum atomic E-state index is 12.9. The van der Waals surface area contributed by atoms with Crippen LogP contribution in [0, 0.1) is 13.8 Å². The first-order valence-electron chi connectivity index (χ1n) is 8.94. The van der Waals surface area contributed by atoms with Gasteiger partial charge in [0.1, 0.15) is 6.04 Å². The van der Waals surface area contributed by atoms with Crippen LogP contribution < -0.4 is 0 Å². The molecule has 1 aromatic carbocycles. The van der Waals surface area contributed by atoms with Crippen molar-refractivity contribution in [2.45, 2.75) is 33.4 Å². The van der Waals surface area contributed by atoms with E-state index in [1.807, 2.05) is 43.9 Å². The summed E-state index contributed by atoms with van der Waals surface area (Å²) in [5.74, 6) is 0.0627. The van der Waals surface area contributed by atoms with Gasteiger partial charge in [-0.05, 0) is 32.9 Å². The molecule has 8 heteroatoms. The molecule has 1 aromatic heterocycles.